The molecule has 0 unspecified atom stereocenters. The Bertz CT molecular complexity index is 1140. The van der Waals surface area contributed by atoms with Crippen LogP contribution in [0.25, 0.3) is 11.0 Å². The third kappa shape index (κ3) is 4.43. The lowest BCUT2D eigenvalue weighted by Gasteiger charge is -2.09. The maximum absolute atomic E-state index is 12.9. The third-order valence-electron chi connectivity index (χ3n) is 5.01. The van der Waals surface area contributed by atoms with E-state index in [1.165, 1.54) is 20.3 Å². The number of ketones is 2. The second-order valence-corrected chi connectivity index (χ2v) is 7.34. The highest BCUT2D eigenvalue weighted by atomic mass is 16.5. The predicted octanol–water partition coefficient (Wildman–Crippen LogP) is 4.20. The van der Waals surface area contributed by atoms with E-state index in [0.29, 0.717) is 35.3 Å². The molecule has 0 aliphatic carbocycles. The normalized spacial score (nSPS) is 11.0. The molecule has 0 spiro atoms. The Labute approximate surface area is 174 Å². The summed E-state index contributed by atoms with van der Waals surface area (Å²) in [6.45, 7) is 3.76. The molecule has 2 aromatic carbocycles. The van der Waals surface area contributed by atoms with Crippen LogP contribution in [0.3, 0.4) is 0 Å². The first kappa shape index (κ1) is 21.3. The Morgan fingerprint density at radius 3 is 2.30 bits per heavy atom. The van der Waals surface area contributed by atoms with E-state index in [9.17, 15) is 14.4 Å². The van der Waals surface area contributed by atoms with Crippen LogP contribution < -0.4 is 15.1 Å². The van der Waals surface area contributed by atoms with Gasteiger partial charge in [-0.3, -0.25) is 9.59 Å². The van der Waals surface area contributed by atoms with Crippen molar-refractivity contribution in [1.82, 2.24) is 0 Å². The third-order valence-corrected chi connectivity index (χ3v) is 5.01. The Hall–Kier alpha value is -3.41. The minimum Gasteiger partial charge on any atom is -0.496 e. The molecule has 0 saturated carbocycles. The smallest absolute Gasteiger partial charge is 0.347 e. The van der Waals surface area contributed by atoms with Gasteiger partial charge in [-0.1, -0.05) is 38.1 Å². The van der Waals surface area contributed by atoms with Crippen molar-refractivity contribution in [1.29, 1.82) is 0 Å². The van der Waals surface area contributed by atoms with Crippen molar-refractivity contribution in [3.05, 3.63) is 69.6 Å². The number of aryl methyl sites for hydroxylation is 1. The van der Waals surface area contributed by atoms with Gasteiger partial charge in [0.1, 0.15) is 28.4 Å². The Balaban J connectivity index is 1.90. The first-order chi connectivity index (χ1) is 14.3. The molecular weight excluding hydrogens is 384 g/mol. The minimum absolute atomic E-state index is 0.00920. The van der Waals surface area contributed by atoms with E-state index in [1.807, 2.05) is 13.8 Å². The number of hydrogen-bond donors (Lipinski definition) is 0. The summed E-state index contributed by atoms with van der Waals surface area (Å²) in [5.74, 6) is 0.693. The number of fused-ring (bicyclic) bond motifs is 1. The molecule has 6 nitrogen and oxygen atoms in total. The van der Waals surface area contributed by atoms with Crippen molar-refractivity contribution < 1.29 is 23.5 Å². The molecule has 0 radical (unpaired) electrons. The van der Waals surface area contributed by atoms with E-state index in [2.05, 4.69) is 0 Å². The molecule has 0 N–H and O–H groups in total. The average molecular weight is 408 g/mol. The van der Waals surface area contributed by atoms with Crippen molar-refractivity contribution in [2.24, 2.45) is 5.92 Å². The summed E-state index contributed by atoms with van der Waals surface area (Å²) < 4.78 is 15.9. The molecule has 0 fully saturated rings. The van der Waals surface area contributed by atoms with Gasteiger partial charge in [0.15, 0.2) is 5.78 Å². The molecule has 1 heterocycles. The molecular formula is C24H24O6. The van der Waals surface area contributed by atoms with Crippen molar-refractivity contribution in [3.63, 3.8) is 0 Å². The number of carbonyl (C=O) groups is 2. The number of Topliss-reactive ketones (excluding diaryl/α,β-unsaturated/α-hetero) is 1. The largest absolute Gasteiger partial charge is 0.496 e. The number of hydrogen-bond acceptors (Lipinski definition) is 6. The van der Waals surface area contributed by atoms with Crippen LogP contribution in [0.5, 0.6) is 11.5 Å². The van der Waals surface area contributed by atoms with Gasteiger partial charge in [0.05, 0.1) is 19.6 Å². The highest BCUT2D eigenvalue weighted by Crippen LogP contribution is 2.31. The average Bonchev–Trinajstić information content (AvgIpc) is 2.75. The lowest BCUT2D eigenvalue weighted by molar-refractivity contribution is -0.121. The van der Waals surface area contributed by atoms with E-state index in [1.54, 1.807) is 36.4 Å². The van der Waals surface area contributed by atoms with Crippen molar-refractivity contribution in [2.75, 3.05) is 14.2 Å². The fourth-order valence-corrected chi connectivity index (χ4v) is 3.14. The monoisotopic (exact) mass is 408 g/mol. The van der Waals surface area contributed by atoms with Gasteiger partial charge in [-0.25, -0.2) is 4.79 Å². The minimum atomic E-state index is -0.727. The van der Waals surface area contributed by atoms with Crippen molar-refractivity contribution in [3.8, 4) is 11.5 Å². The number of methoxy groups -OCH3 is 2. The van der Waals surface area contributed by atoms with Crippen LogP contribution >= 0.6 is 0 Å². The number of ether oxygens (including phenoxy) is 2. The van der Waals surface area contributed by atoms with Gasteiger partial charge in [0.25, 0.3) is 0 Å². The molecule has 0 aliphatic heterocycles. The lowest BCUT2D eigenvalue weighted by Crippen LogP contribution is -2.15. The molecule has 0 atom stereocenters. The summed E-state index contributed by atoms with van der Waals surface area (Å²) in [4.78, 5) is 37.2. The van der Waals surface area contributed by atoms with Crippen LogP contribution in [0.1, 0.15) is 41.8 Å². The van der Waals surface area contributed by atoms with E-state index < -0.39 is 11.4 Å². The molecule has 3 rings (SSSR count). The quantitative estimate of drug-likeness (QED) is 0.410. The van der Waals surface area contributed by atoms with Crippen LogP contribution in [-0.4, -0.2) is 25.8 Å². The van der Waals surface area contributed by atoms with E-state index in [-0.39, 0.29) is 22.8 Å². The second kappa shape index (κ2) is 8.95. The molecule has 0 amide bonds. The van der Waals surface area contributed by atoms with E-state index in [4.69, 9.17) is 13.9 Å². The molecule has 0 bridgehead atoms. The first-order valence-electron chi connectivity index (χ1n) is 9.70. The van der Waals surface area contributed by atoms with Gasteiger partial charge in [0, 0.05) is 30.0 Å². The van der Waals surface area contributed by atoms with Gasteiger partial charge in [0.2, 0.25) is 0 Å². The summed E-state index contributed by atoms with van der Waals surface area (Å²) in [5, 5.41) is 0.505. The Morgan fingerprint density at radius 2 is 1.70 bits per heavy atom. The maximum Gasteiger partial charge on any atom is 0.347 e. The fraction of sp³-hybridized carbons (Fsp3) is 0.292. The number of rotatable bonds is 8. The van der Waals surface area contributed by atoms with Gasteiger partial charge in [-0.15, -0.1) is 0 Å². The summed E-state index contributed by atoms with van der Waals surface area (Å²) in [5.41, 5.74) is 0.800. The topological polar surface area (TPSA) is 82.8 Å². The highest BCUT2D eigenvalue weighted by molar-refractivity contribution is 6.10. The van der Waals surface area contributed by atoms with Crippen LogP contribution in [0.4, 0.5) is 0 Å². The molecule has 6 heteroatoms. The van der Waals surface area contributed by atoms with Crippen molar-refractivity contribution >= 4 is 22.5 Å². The standard InChI is InChI=1S/C24H24O6/c1-14(2)20(25)10-7-15-5-8-16(9-6-15)23(26)19-13-18-21(29-4)11-17(28-3)12-22(18)30-24(19)27/h5-6,8-9,11-14H,7,10H2,1-4H3. The van der Waals surface area contributed by atoms with Crippen molar-refractivity contribution in [2.45, 2.75) is 26.7 Å². The van der Waals surface area contributed by atoms with E-state index in [0.717, 1.165) is 5.56 Å². The number of benzene rings is 2. The van der Waals surface area contributed by atoms with Crippen LogP contribution in [0.15, 0.2) is 51.7 Å². The molecule has 30 heavy (non-hydrogen) atoms. The first-order valence-corrected chi connectivity index (χ1v) is 9.70. The van der Waals surface area contributed by atoms with Gasteiger partial charge < -0.3 is 13.9 Å². The zero-order valence-corrected chi connectivity index (χ0v) is 17.5. The van der Waals surface area contributed by atoms with Gasteiger partial charge >= 0.3 is 5.63 Å². The maximum atomic E-state index is 12.9. The molecule has 156 valence electrons. The molecule has 1 aromatic heterocycles. The van der Waals surface area contributed by atoms with E-state index >= 15 is 0 Å². The zero-order valence-electron chi connectivity index (χ0n) is 17.5. The molecule has 0 aliphatic rings. The Kier molecular flexibility index (Phi) is 6.35. The fourth-order valence-electron chi connectivity index (χ4n) is 3.14. The lowest BCUT2D eigenvalue weighted by atomic mass is 9.98. The summed E-state index contributed by atoms with van der Waals surface area (Å²) in [6.07, 6.45) is 1.07. The predicted molar refractivity (Wildman–Crippen MR) is 114 cm³/mol. The van der Waals surface area contributed by atoms with Crippen LogP contribution in [0.2, 0.25) is 0 Å². The molecule has 3 aromatic rings. The highest BCUT2D eigenvalue weighted by Gasteiger charge is 2.18. The summed E-state index contributed by atoms with van der Waals surface area (Å²) >= 11 is 0. The zero-order chi connectivity index (χ0) is 21.8. The van der Waals surface area contributed by atoms with Crippen LogP contribution in [0, 0.1) is 5.92 Å². The second-order valence-electron chi connectivity index (χ2n) is 7.34. The van der Waals surface area contributed by atoms with Gasteiger partial charge in [-0.05, 0) is 18.1 Å². The van der Waals surface area contributed by atoms with Gasteiger partial charge in [-0.2, -0.15) is 0 Å². The summed E-state index contributed by atoms with van der Waals surface area (Å²) in [7, 11) is 2.99. The summed E-state index contributed by atoms with van der Waals surface area (Å²) in [6, 6.07) is 11.6. The molecule has 0 saturated heterocycles. The number of carbonyl (C=O) groups excluding carboxylic acids is 2. The Morgan fingerprint density at radius 1 is 1.00 bits per heavy atom. The SMILES string of the molecule is COc1cc(OC)c2cc(C(=O)c3ccc(CCC(=O)C(C)C)cc3)c(=O)oc2c1. The van der Waals surface area contributed by atoms with Crippen LogP contribution in [-0.2, 0) is 11.2 Å².